The summed E-state index contributed by atoms with van der Waals surface area (Å²) in [6.07, 6.45) is 0.568. The van der Waals surface area contributed by atoms with Gasteiger partial charge in [0.05, 0.1) is 0 Å². The molecule has 0 aliphatic heterocycles. The monoisotopic (exact) mass is 357 g/mol. The molecule has 0 unspecified atom stereocenters. The van der Waals surface area contributed by atoms with Crippen LogP contribution in [0.5, 0.6) is 0 Å². The Bertz CT molecular complexity index is 863. The van der Waals surface area contributed by atoms with Gasteiger partial charge in [0.15, 0.2) is 5.76 Å². The lowest BCUT2D eigenvalue weighted by Gasteiger charge is -2.14. The molecule has 3 rings (SSSR count). The predicted molar refractivity (Wildman–Crippen MR) is 94.4 cm³/mol. The molecule has 0 saturated heterocycles. The van der Waals surface area contributed by atoms with Gasteiger partial charge in [-0.05, 0) is 31.5 Å². The van der Waals surface area contributed by atoms with Crippen LogP contribution in [-0.4, -0.2) is 16.2 Å². The Morgan fingerprint density at radius 2 is 2.00 bits per heavy atom. The van der Waals surface area contributed by atoms with E-state index >= 15 is 0 Å². The van der Waals surface area contributed by atoms with Crippen molar-refractivity contribution in [3.8, 4) is 11.3 Å². The molecule has 1 amide bonds. The summed E-state index contributed by atoms with van der Waals surface area (Å²) in [5.41, 5.74) is 2.53. The lowest BCUT2D eigenvalue weighted by molar-refractivity contribution is 0.121. The number of aromatic nitrogens is 2. The lowest BCUT2D eigenvalue weighted by atomic mass is 10.1. The van der Waals surface area contributed by atoms with E-state index < -0.39 is 6.09 Å². The number of carbonyl (C=O) groups excluding carboxylic acids is 1. The Morgan fingerprint density at radius 3 is 2.68 bits per heavy atom. The summed E-state index contributed by atoms with van der Waals surface area (Å²) in [6, 6.07) is 12.8. The molecule has 2 aromatic heterocycles. The normalized spacial score (nSPS) is 11.8. The smallest absolute Gasteiger partial charge is 0.412 e. The number of pyridine rings is 1. The molecule has 2 heterocycles. The van der Waals surface area contributed by atoms with Gasteiger partial charge in [-0.25, -0.2) is 9.78 Å². The van der Waals surface area contributed by atoms with Gasteiger partial charge < -0.3 is 9.26 Å². The fraction of sp³-hybridized carbons (Fsp3) is 0.167. The van der Waals surface area contributed by atoms with Crippen LogP contribution < -0.4 is 5.32 Å². The molecule has 0 saturated carbocycles. The summed E-state index contributed by atoms with van der Waals surface area (Å²) in [6.45, 7) is 3.53. The SMILES string of the molecule is Cc1noc(-c2ccc(Cl)nc2)c1NC(=O)O[C@H](C)c1ccccc1. The first kappa shape index (κ1) is 17.0. The van der Waals surface area contributed by atoms with Crippen molar-refractivity contribution >= 4 is 23.4 Å². The number of aryl methyl sites for hydroxylation is 1. The van der Waals surface area contributed by atoms with E-state index in [1.54, 1.807) is 32.2 Å². The molecule has 1 aromatic carbocycles. The van der Waals surface area contributed by atoms with E-state index in [4.69, 9.17) is 20.9 Å². The van der Waals surface area contributed by atoms with Gasteiger partial charge in [0.2, 0.25) is 0 Å². The summed E-state index contributed by atoms with van der Waals surface area (Å²) in [5, 5.41) is 6.96. The quantitative estimate of drug-likeness (QED) is 0.664. The zero-order valence-electron chi connectivity index (χ0n) is 13.7. The standard InChI is InChI=1S/C18H16ClN3O3/c1-11-16(17(25-22-11)14-8-9-15(19)20-10-14)21-18(23)24-12(2)13-6-4-3-5-7-13/h3-10,12H,1-2H3,(H,21,23)/t12-/m1/s1. The van der Waals surface area contributed by atoms with Crippen molar-refractivity contribution in [3.05, 3.63) is 65.1 Å². The fourth-order valence-corrected chi connectivity index (χ4v) is 2.42. The lowest BCUT2D eigenvalue weighted by Crippen LogP contribution is -2.16. The molecule has 25 heavy (non-hydrogen) atoms. The first-order valence-electron chi connectivity index (χ1n) is 7.65. The minimum absolute atomic E-state index is 0.366. The van der Waals surface area contributed by atoms with Gasteiger partial charge >= 0.3 is 6.09 Å². The number of benzene rings is 1. The van der Waals surface area contributed by atoms with Gasteiger partial charge in [0.1, 0.15) is 22.6 Å². The second kappa shape index (κ2) is 7.36. The van der Waals surface area contributed by atoms with Crippen molar-refractivity contribution in [2.75, 3.05) is 5.32 Å². The number of nitrogens with zero attached hydrogens (tertiary/aromatic N) is 2. The molecule has 1 N–H and O–H groups in total. The zero-order valence-corrected chi connectivity index (χ0v) is 14.4. The summed E-state index contributed by atoms with van der Waals surface area (Å²) in [7, 11) is 0. The number of halogens is 1. The molecule has 0 radical (unpaired) electrons. The van der Waals surface area contributed by atoms with Crippen LogP contribution in [0.25, 0.3) is 11.3 Å². The highest BCUT2D eigenvalue weighted by molar-refractivity contribution is 6.29. The molecule has 7 heteroatoms. The van der Waals surface area contributed by atoms with Crippen LogP contribution in [0, 0.1) is 6.92 Å². The van der Waals surface area contributed by atoms with Crippen LogP contribution in [0.4, 0.5) is 10.5 Å². The minimum atomic E-state index is -0.592. The second-order valence-electron chi connectivity index (χ2n) is 5.42. The highest BCUT2D eigenvalue weighted by atomic mass is 35.5. The molecule has 0 bridgehead atoms. The van der Waals surface area contributed by atoms with Crippen molar-refractivity contribution in [3.63, 3.8) is 0 Å². The van der Waals surface area contributed by atoms with Crippen LogP contribution in [0.3, 0.4) is 0 Å². The van der Waals surface area contributed by atoms with Gasteiger partial charge in [-0.1, -0.05) is 47.1 Å². The van der Waals surface area contributed by atoms with Crippen molar-refractivity contribution in [2.45, 2.75) is 20.0 Å². The van der Waals surface area contributed by atoms with E-state index in [1.165, 1.54) is 0 Å². The Labute approximate surface area is 149 Å². The van der Waals surface area contributed by atoms with Crippen molar-refractivity contribution < 1.29 is 14.1 Å². The zero-order chi connectivity index (χ0) is 17.8. The largest absolute Gasteiger partial charge is 0.441 e. The number of carbonyl (C=O) groups is 1. The Kier molecular flexibility index (Phi) is 5.00. The highest BCUT2D eigenvalue weighted by Crippen LogP contribution is 2.31. The Balaban J connectivity index is 1.75. The summed E-state index contributed by atoms with van der Waals surface area (Å²) < 4.78 is 10.7. The maximum atomic E-state index is 12.2. The van der Waals surface area contributed by atoms with E-state index in [9.17, 15) is 4.79 Å². The van der Waals surface area contributed by atoms with Gasteiger partial charge in [-0.15, -0.1) is 0 Å². The molecular weight excluding hydrogens is 342 g/mol. The third-order valence-corrected chi connectivity index (χ3v) is 3.86. The van der Waals surface area contributed by atoms with Crippen molar-refractivity contribution in [1.82, 2.24) is 10.1 Å². The third kappa shape index (κ3) is 3.97. The van der Waals surface area contributed by atoms with Crippen LogP contribution in [0.2, 0.25) is 5.15 Å². The van der Waals surface area contributed by atoms with E-state index in [0.29, 0.717) is 27.9 Å². The molecule has 128 valence electrons. The average molecular weight is 358 g/mol. The summed E-state index contributed by atoms with van der Waals surface area (Å²) >= 11 is 5.80. The predicted octanol–water partition coefficient (Wildman–Crippen LogP) is 5.01. The molecule has 0 aliphatic carbocycles. The molecule has 3 aromatic rings. The fourth-order valence-electron chi connectivity index (χ4n) is 2.31. The maximum Gasteiger partial charge on any atom is 0.412 e. The van der Waals surface area contributed by atoms with Crippen molar-refractivity contribution in [1.29, 1.82) is 0 Å². The Hall–Kier alpha value is -2.86. The first-order chi connectivity index (χ1) is 12.0. The van der Waals surface area contributed by atoms with E-state index in [-0.39, 0.29) is 6.10 Å². The number of hydrogen-bond donors (Lipinski definition) is 1. The molecule has 0 spiro atoms. The molecule has 1 atom stereocenters. The number of nitrogens with one attached hydrogen (secondary N) is 1. The summed E-state index contributed by atoms with van der Waals surface area (Å²) in [5.74, 6) is 0.394. The Morgan fingerprint density at radius 1 is 1.24 bits per heavy atom. The van der Waals surface area contributed by atoms with E-state index in [1.807, 2.05) is 30.3 Å². The molecular formula is C18H16ClN3O3. The number of ether oxygens (including phenoxy) is 1. The van der Waals surface area contributed by atoms with Crippen LogP contribution in [-0.2, 0) is 4.74 Å². The van der Waals surface area contributed by atoms with Gasteiger partial charge in [0, 0.05) is 11.8 Å². The number of anilines is 1. The van der Waals surface area contributed by atoms with E-state index in [2.05, 4.69) is 15.5 Å². The first-order valence-corrected chi connectivity index (χ1v) is 8.03. The minimum Gasteiger partial charge on any atom is -0.441 e. The van der Waals surface area contributed by atoms with Crippen LogP contribution in [0.1, 0.15) is 24.3 Å². The van der Waals surface area contributed by atoms with Crippen LogP contribution >= 0.6 is 11.6 Å². The van der Waals surface area contributed by atoms with E-state index in [0.717, 1.165) is 5.56 Å². The van der Waals surface area contributed by atoms with Gasteiger partial charge in [-0.3, -0.25) is 5.32 Å². The highest BCUT2D eigenvalue weighted by Gasteiger charge is 2.20. The maximum absolute atomic E-state index is 12.2. The second-order valence-corrected chi connectivity index (χ2v) is 5.81. The number of amides is 1. The third-order valence-electron chi connectivity index (χ3n) is 3.63. The molecule has 0 aliphatic rings. The summed E-state index contributed by atoms with van der Waals surface area (Å²) in [4.78, 5) is 16.3. The topological polar surface area (TPSA) is 77.3 Å². The van der Waals surface area contributed by atoms with Gasteiger partial charge in [-0.2, -0.15) is 0 Å². The van der Waals surface area contributed by atoms with Crippen molar-refractivity contribution in [2.24, 2.45) is 0 Å². The molecule has 6 nitrogen and oxygen atoms in total. The number of rotatable bonds is 4. The molecule has 0 fully saturated rings. The number of hydrogen-bond acceptors (Lipinski definition) is 5. The van der Waals surface area contributed by atoms with Crippen LogP contribution in [0.15, 0.2) is 53.2 Å². The van der Waals surface area contributed by atoms with Gasteiger partial charge in [0.25, 0.3) is 0 Å². The average Bonchev–Trinajstić information content (AvgIpc) is 2.97.